The number of hydrogen-bond acceptors (Lipinski definition) is 4. The number of hydrogen-bond donors (Lipinski definition) is 1. The van der Waals surface area contributed by atoms with Crippen molar-refractivity contribution in [1.29, 1.82) is 0 Å². The van der Waals surface area contributed by atoms with E-state index in [-0.39, 0.29) is 11.8 Å². The Bertz CT molecular complexity index is 812. The molecule has 2 fully saturated rings. The molecule has 0 unspecified atom stereocenters. The van der Waals surface area contributed by atoms with Crippen LogP contribution in [0.1, 0.15) is 23.2 Å². The molecule has 2 aliphatic rings. The first-order valence-electron chi connectivity index (χ1n) is 9.35. The van der Waals surface area contributed by atoms with Crippen molar-refractivity contribution >= 4 is 28.9 Å². The second kappa shape index (κ2) is 7.80. The molecule has 0 spiro atoms. The molecule has 2 aromatic carbocycles. The number of amides is 2. The van der Waals surface area contributed by atoms with Crippen LogP contribution in [-0.2, 0) is 9.53 Å². The first-order chi connectivity index (χ1) is 13.2. The molecule has 6 nitrogen and oxygen atoms in total. The number of morpholine rings is 1. The maximum atomic E-state index is 12.5. The van der Waals surface area contributed by atoms with Crippen molar-refractivity contribution in [2.24, 2.45) is 0 Å². The molecule has 0 aromatic heterocycles. The number of nitrogens with zero attached hydrogens (tertiary/aromatic N) is 2. The predicted octanol–water partition coefficient (Wildman–Crippen LogP) is 2.90. The van der Waals surface area contributed by atoms with Crippen molar-refractivity contribution in [1.82, 2.24) is 0 Å². The van der Waals surface area contributed by atoms with Gasteiger partial charge in [-0.2, -0.15) is 0 Å². The molecule has 2 heterocycles. The van der Waals surface area contributed by atoms with Crippen molar-refractivity contribution in [3.63, 3.8) is 0 Å². The first kappa shape index (κ1) is 17.5. The van der Waals surface area contributed by atoms with Crippen molar-refractivity contribution in [3.05, 3.63) is 54.1 Å². The summed E-state index contributed by atoms with van der Waals surface area (Å²) in [6.07, 6.45) is 1.49. The van der Waals surface area contributed by atoms with Gasteiger partial charge in [-0.25, -0.2) is 0 Å². The van der Waals surface area contributed by atoms with Gasteiger partial charge >= 0.3 is 0 Å². The van der Waals surface area contributed by atoms with Gasteiger partial charge in [-0.1, -0.05) is 0 Å². The van der Waals surface area contributed by atoms with Crippen molar-refractivity contribution in [2.75, 3.05) is 48.0 Å². The molecule has 0 aliphatic carbocycles. The van der Waals surface area contributed by atoms with Crippen LogP contribution in [0.4, 0.5) is 17.1 Å². The zero-order valence-electron chi connectivity index (χ0n) is 15.2. The molecule has 2 aromatic rings. The van der Waals surface area contributed by atoms with Crippen molar-refractivity contribution in [3.8, 4) is 0 Å². The predicted molar refractivity (Wildman–Crippen MR) is 105 cm³/mol. The van der Waals surface area contributed by atoms with E-state index >= 15 is 0 Å². The van der Waals surface area contributed by atoms with Crippen LogP contribution in [-0.4, -0.2) is 44.7 Å². The standard InChI is InChI=1S/C21H23N3O3/c25-20-2-1-11-24(20)19-7-3-16(4-8-19)21(26)22-17-5-9-18(10-6-17)23-12-14-27-15-13-23/h3-10H,1-2,11-15H2,(H,22,26). The average Bonchev–Trinajstić information content (AvgIpc) is 3.15. The van der Waals surface area contributed by atoms with Crippen LogP contribution >= 0.6 is 0 Å². The number of benzene rings is 2. The quantitative estimate of drug-likeness (QED) is 0.905. The number of carbonyl (C=O) groups excluding carboxylic acids is 2. The SMILES string of the molecule is O=C(Nc1ccc(N2CCOCC2)cc1)c1ccc(N2CCCC2=O)cc1. The van der Waals surface area contributed by atoms with Crippen molar-refractivity contribution in [2.45, 2.75) is 12.8 Å². The zero-order chi connectivity index (χ0) is 18.6. The van der Waals surface area contributed by atoms with Gasteiger partial charge in [-0.05, 0) is 55.0 Å². The number of ether oxygens (including phenoxy) is 1. The fourth-order valence-corrected chi connectivity index (χ4v) is 3.49. The van der Waals surface area contributed by atoms with Gasteiger partial charge in [-0.15, -0.1) is 0 Å². The summed E-state index contributed by atoms with van der Waals surface area (Å²) in [6, 6.07) is 15.1. The number of nitrogens with one attached hydrogen (secondary N) is 1. The zero-order valence-corrected chi connectivity index (χ0v) is 15.2. The third-order valence-corrected chi connectivity index (χ3v) is 5.02. The van der Waals surface area contributed by atoms with E-state index in [2.05, 4.69) is 10.2 Å². The summed E-state index contributed by atoms with van der Waals surface area (Å²) in [5, 5.41) is 2.92. The van der Waals surface area contributed by atoms with E-state index in [1.54, 1.807) is 17.0 Å². The summed E-state index contributed by atoms with van der Waals surface area (Å²) in [7, 11) is 0. The van der Waals surface area contributed by atoms with Gasteiger partial charge in [0, 0.05) is 48.7 Å². The molecular weight excluding hydrogens is 342 g/mol. The highest BCUT2D eigenvalue weighted by Crippen LogP contribution is 2.23. The second-order valence-electron chi connectivity index (χ2n) is 6.80. The van der Waals surface area contributed by atoms with Gasteiger partial charge in [-0.3, -0.25) is 9.59 Å². The summed E-state index contributed by atoms with van der Waals surface area (Å²) in [5.41, 5.74) is 3.32. The normalized spacial score (nSPS) is 17.3. The van der Waals surface area contributed by atoms with E-state index in [9.17, 15) is 9.59 Å². The highest BCUT2D eigenvalue weighted by atomic mass is 16.5. The van der Waals surface area contributed by atoms with Crippen LogP contribution in [0.3, 0.4) is 0 Å². The topological polar surface area (TPSA) is 61.9 Å². The molecule has 0 bridgehead atoms. The highest BCUT2D eigenvalue weighted by molar-refractivity contribution is 6.05. The molecule has 0 radical (unpaired) electrons. The molecule has 0 atom stereocenters. The minimum atomic E-state index is -0.159. The molecular formula is C21H23N3O3. The van der Waals surface area contributed by atoms with E-state index in [0.29, 0.717) is 12.0 Å². The van der Waals surface area contributed by atoms with E-state index in [4.69, 9.17) is 4.74 Å². The first-order valence-corrected chi connectivity index (χ1v) is 9.35. The fourth-order valence-electron chi connectivity index (χ4n) is 3.49. The molecule has 2 amide bonds. The van der Waals surface area contributed by atoms with E-state index in [1.807, 2.05) is 36.4 Å². The Hall–Kier alpha value is -2.86. The van der Waals surface area contributed by atoms with Gasteiger partial charge in [0.1, 0.15) is 0 Å². The molecule has 1 N–H and O–H groups in total. The number of anilines is 3. The van der Waals surface area contributed by atoms with Gasteiger partial charge in [0.05, 0.1) is 13.2 Å². The molecule has 6 heteroatoms. The maximum absolute atomic E-state index is 12.5. The lowest BCUT2D eigenvalue weighted by atomic mass is 10.1. The van der Waals surface area contributed by atoms with Crippen molar-refractivity contribution < 1.29 is 14.3 Å². The summed E-state index contributed by atoms with van der Waals surface area (Å²) < 4.78 is 5.37. The van der Waals surface area contributed by atoms with E-state index in [0.717, 1.165) is 56.3 Å². The fraction of sp³-hybridized carbons (Fsp3) is 0.333. The smallest absolute Gasteiger partial charge is 0.255 e. The Labute approximate surface area is 158 Å². The maximum Gasteiger partial charge on any atom is 0.255 e. The van der Waals surface area contributed by atoms with E-state index < -0.39 is 0 Å². The molecule has 2 aliphatic heterocycles. The van der Waals surface area contributed by atoms with Gasteiger partial charge < -0.3 is 19.9 Å². The Morgan fingerprint density at radius 3 is 2.19 bits per heavy atom. The Morgan fingerprint density at radius 2 is 1.56 bits per heavy atom. The lowest BCUT2D eigenvalue weighted by Gasteiger charge is -2.28. The molecule has 2 saturated heterocycles. The largest absolute Gasteiger partial charge is 0.378 e. The second-order valence-corrected chi connectivity index (χ2v) is 6.80. The molecule has 0 saturated carbocycles. The highest BCUT2D eigenvalue weighted by Gasteiger charge is 2.21. The van der Waals surface area contributed by atoms with Crippen LogP contribution in [0.5, 0.6) is 0 Å². The monoisotopic (exact) mass is 365 g/mol. The summed E-state index contributed by atoms with van der Waals surface area (Å²) in [5.74, 6) is -0.0130. The lowest BCUT2D eigenvalue weighted by Crippen LogP contribution is -2.36. The minimum absolute atomic E-state index is 0.146. The number of rotatable bonds is 4. The van der Waals surface area contributed by atoms with Crippen LogP contribution in [0.25, 0.3) is 0 Å². The van der Waals surface area contributed by atoms with Gasteiger partial charge in [0.25, 0.3) is 5.91 Å². The van der Waals surface area contributed by atoms with E-state index in [1.165, 1.54) is 0 Å². The van der Waals surface area contributed by atoms with Gasteiger partial charge in [0.15, 0.2) is 0 Å². The third-order valence-electron chi connectivity index (χ3n) is 5.02. The summed E-state index contributed by atoms with van der Waals surface area (Å²) in [4.78, 5) is 28.3. The molecule has 27 heavy (non-hydrogen) atoms. The Kier molecular flexibility index (Phi) is 5.07. The molecule has 4 rings (SSSR count). The third kappa shape index (κ3) is 3.95. The molecule has 140 valence electrons. The minimum Gasteiger partial charge on any atom is -0.378 e. The lowest BCUT2D eigenvalue weighted by molar-refractivity contribution is -0.117. The van der Waals surface area contributed by atoms with Crippen LogP contribution in [0, 0.1) is 0 Å². The summed E-state index contributed by atoms with van der Waals surface area (Å²) in [6.45, 7) is 4.02. The Balaban J connectivity index is 1.39. The van der Waals surface area contributed by atoms with Gasteiger partial charge in [0.2, 0.25) is 5.91 Å². The van der Waals surface area contributed by atoms with Crippen LogP contribution in [0.15, 0.2) is 48.5 Å². The summed E-state index contributed by atoms with van der Waals surface area (Å²) >= 11 is 0. The number of carbonyl (C=O) groups is 2. The Morgan fingerprint density at radius 1 is 0.889 bits per heavy atom. The van der Waals surface area contributed by atoms with Crippen LogP contribution in [0.2, 0.25) is 0 Å². The van der Waals surface area contributed by atoms with Crippen LogP contribution < -0.4 is 15.1 Å². The average molecular weight is 365 g/mol.